The molecule has 152 valence electrons. The van der Waals surface area contributed by atoms with Gasteiger partial charge in [0.25, 0.3) is 0 Å². The molecule has 1 atom stereocenters. The highest BCUT2D eigenvalue weighted by Gasteiger charge is 2.20. The maximum absolute atomic E-state index is 11.0. The molecule has 1 unspecified atom stereocenters. The van der Waals surface area contributed by atoms with Crippen molar-refractivity contribution < 1.29 is 19.8 Å². The van der Waals surface area contributed by atoms with Crippen LogP contribution in [0.5, 0.6) is 0 Å². The minimum atomic E-state index is -1.02. The molecular formula is C22H40O4. The van der Waals surface area contributed by atoms with Gasteiger partial charge in [0, 0.05) is 0 Å². The van der Waals surface area contributed by atoms with E-state index in [1.54, 1.807) is 0 Å². The van der Waals surface area contributed by atoms with Crippen molar-refractivity contribution in [3.63, 3.8) is 0 Å². The molecule has 0 rings (SSSR count). The van der Waals surface area contributed by atoms with Crippen LogP contribution in [0.15, 0.2) is 12.2 Å². The van der Waals surface area contributed by atoms with Gasteiger partial charge in [-0.15, -0.1) is 6.58 Å². The highest BCUT2D eigenvalue weighted by Crippen LogP contribution is 2.17. The van der Waals surface area contributed by atoms with Gasteiger partial charge in [-0.1, -0.05) is 82.6 Å². The molecule has 0 saturated carbocycles. The summed E-state index contributed by atoms with van der Waals surface area (Å²) in [6.07, 6.45) is 17.5. The molecule has 0 spiro atoms. The zero-order valence-electron chi connectivity index (χ0n) is 16.8. The number of carboxylic acid groups (broad SMARTS) is 2. The van der Waals surface area contributed by atoms with Crippen molar-refractivity contribution >= 4 is 11.9 Å². The molecule has 0 fully saturated rings. The Morgan fingerprint density at radius 3 is 1.46 bits per heavy atom. The summed E-state index contributed by atoms with van der Waals surface area (Å²) in [6, 6.07) is 0. The maximum Gasteiger partial charge on any atom is 0.307 e. The Kier molecular flexibility index (Phi) is 16.2. The lowest BCUT2D eigenvalue weighted by Gasteiger charge is -2.09. The fourth-order valence-corrected chi connectivity index (χ4v) is 3.29. The van der Waals surface area contributed by atoms with E-state index in [4.69, 9.17) is 10.2 Å². The molecule has 0 aromatic heterocycles. The van der Waals surface area contributed by atoms with Crippen molar-refractivity contribution in [2.24, 2.45) is 5.92 Å². The van der Waals surface area contributed by atoms with Crippen molar-refractivity contribution in [1.82, 2.24) is 0 Å². The number of rotatable bonds is 19. The van der Waals surface area contributed by atoms with E-state index < -0.39 is 17.9 Å². The molecule has 0 radical (unpaired) electrons. The first-order chi connectivity index (χ1) is 12.4. The summed E-state index contributed by atoms with van der Waals surface area (Å²) in [6.45, 7) is 6.04. The van der Waals surface area contributed by atoms with Gasteiger partial charge in [0.05, 0.1) is 12.3 Å². The normalized spacial score (nSPS) is 12.0. The van der Waals surface area contributed by atoms with E-state index in [0.29, 0.717) is 6.42 Å². The van der Waals surface area contributed by atoms with E-state index >= 15 is 0 Å². The molecular weight excluding hydrogens is 328 g/mol. The minimum absolute atomic E-state index is 0.261. The van der Waals surface area contributed by atoms with Crippen molar-refractivity contribution in [3.8, 4) is 0 Å². The quantitative estimate of drug-likeness (QED) is 0.199. The topological polar surface area (TPSA) is 74.6 Å². The minimum Gasteiger partial charge on any atom is -0.481 e. The van der Waals surface area contributed by atoms with E-state index in [-0.39, 0.29) is 6.42 Å². The number of aliphatic carboxylic acids is 2. The summed E-state index contributed by atoms with van der Waals surface area (Å²) in [4.78, 5) is 21.6. The molecule has 4 heteroatoms. The fourth-order valence-electron chi connectivity index (χ4n) is 3.29. The molecule has 0 aliphatic carbocycles. The second-order valence-corrected chi connectivity index (χ2v) is 7.72. The lowest BCUT2D eigenvalue weighted by atomic mass is 9.97. The third-order valence-electron chi connectivity index (χ3n) is 4.93. The molecule has 0 aliphatic rings. The second kappa shape index (κ2) is 17.1. The SMILES string of the molecule is C=C(C)CCCCCCCCCCCCCCCC(CC(=O)O)C(=O)O. The molecule has 0 aromatic carbocycles. The molecule has 0 aliphatic heterocycles. The average Bonchev–Trinajstić information content (AvgIpc) is 2.56. The second-order valence-electron chi connectivity index (χ2n) is 7.72. The van der Waals surface area contributed by atoms with Crippen LogP contribution in [0.1, 0.15) is 110 Å². The number of unbranched alkanes of at least 4 members (excludes halogenated alkanes) is 12. The Morgan fingerprint density at radius 2 is 1.12 bits per heavy atom. The summed E-state index contributed by atoms with van der Waals surface area (Å²) in [5.74, 6) is -2.74. The van der Waals surface area contributed by atoms with Crippen LogP contribution in [0.4, 0.5) is 0 Å². The molecule has 0 heterocycles. The summed E-state index contributed by atoms with van der Waals surface area (Å²) in [5, 5.41) is 17.7. The molecule has 4 nitrogen and oxygen atoms in total. The Labute approximate surface area is 160 Å². The average molecular weight is 369 g/mol. The Hall–Kier alpha value is -1.32. The maximum atomic E-state index is 11.0. The van der Waals surface area contributed by atoms with Gasteiger partial charge in [0.15, 0.2) is 0 Å². The molecule has 2 N–H and O–H groups in total. The third kappa shape index (κ3) is 17.5. The standard InChI is InChI=1S/C22H40O4/c1-19(2)16-14-12-10-8-6-4-3-5-7-9-11-13-15-17-20(22(25)26)18-21(23)24/h20H,1,3-18H2,2H3,(H,23,24)(H,25,26). The van der Waals surface area contributed by atoms with E-state index in [1.165, 1.54) is 76.2 Å². The van der Waals surface area contributed by atoms with Crippen LogP contribution in [-0.4, -0.2) is 22.2 Å². The Bertz CT molecular complexity index is 390. The highest BCUT2D eigenvalue weighted by atomic mass is 16.4. The first kappa shape index (κ1) is 24.7. The summed E-state index contributed by atoms with van der Waals surface area (Å²) in [5.41, 5.74) is 1.30. The Morgan fingerprint density at radius 1 is 0.731 bits per heavy atom. The van der Waals surface area contributed by atoms with Gasteiger partial charge < -0.3 is 10.2 Å². The summed E-state index contributed by atoms with van der Waals surface area (Å²) < 4.78 is 0. The molecule has 0 amide bonds. The van der Waals surface area contributed by atoms with Crippen LogP contribution in [0.2, 0.25) is 0 Å². The zero-order valence-corrected chi connectivity index (χ0v) is 16.8. The van der Waals surface area contributed by atoms with Gasteiger partial charge in [-0.05, 0) is 26.2 Å². The predicted molar refractivity (Wildman–Crippen MR) is 107 cm³/mol. The van der Waals surface area contributed by atoms with Gasteiger partial charge in [-0.25, -0.2) is 0 Å². The van der Waals surface area contributed by atoms with Crippen LogP contribution >= 0.6 is 0 Å². The Balaban J connectivity index is 3.29. The lowest BCUT2D eigenvalue weighted by Crippen LogP contribution is -2.17. The van der Waals surface area contributed by atoms with Crippen molar-refractivity contribution in [2.45, 2.75) is 110 Å². The lowest BCUT2D eigenvalue weighted by molar-refractivity contribution is -0.148. The van der Waals surface area contributed by atoms with E-state index in [9.17, 15) is 9.59 Å². The number of carbonyl (C=O) groups is 2. The fraction of sp³-hybridized carbons (Fsp3) is 0.818. The van der Waals surface area contributed by atoms with E-state index in [0.717, 1.165) is 19.3 Å². The van der Waals surface area contributed by atoms with Gasteiger partial charge in [-0.2, -0.15) is 0 Å². The van der Waals surface area contributed by atoms with Crippen LogP contribution in [0.3, 0.4) is 0 Å². The highest BCUT2D eigenvalue weighted by molar-refractivity contribution is 5.77. The van der Waals surface area contributed by atoms with E-state index in [2.05, 4.69) is 13.5 Å². The predicted octanol–water partition coefficient (Wildman–Crippen LogP) is 6.59. The monoisotopic (exact) mass is 368 g/mol. The smallest absolute Gasteiger partial charge is 0.307 e. The third-order valence-corrected chi connectivity index (χ3v) is 4.93. The summed E-state index contributed by atoms with van der Waals surface area (Å²) in [7, 11) is 0. The first-order valence-corrected chi connectivity index (χ1v) is 10.5. The number of hydrogen-bond donors (Lipinski definition) is 2. The van der Waals surface area contributed by atoms with Crippen LogP contribution in [0.25, 0.3) is 0 Å². The van der Waals surface area contributed by atoms with Crippen LogP contribution in [0, 0.1) is 5.92 Å². The molecule has 0 aromatic rings. The zero-order chi connectivity index (χ0) is 19.6. The largest absolute Gasteiger partial charge is 0.481 e. The van der Waals surface area contributed by atoms with Gasteiger partial charge in [-0.3, -0.25) is 9.59 Å². The van der Waals surface area contributed by atoms with Crippen molar-refractivity contribution in [2.75, 3.05) is 0 Å². The van der Waals surface area contributed by atoms with Crippen molar-refractivity contribution in [3.05, 3.63) is 12.2 Å². The van der Waals surface area contributed by atoms with Gasteiger partial charge >= 0.3 is 11.9 Å². The van der Waals surface area contributed by atoms with Crippen LogP contribution in [-0.2, 0) is 9.59 Å². The first-order valence-electron chi connectivity index (χ1n) is 10.5. The number of allylic oxidation sites excluding steroid dienone is 1. The molecule has 0 saturated heterocycles. The van der Waals surface area contributed by atoms with Gasteiger partial charge in [0.2, 0.25) is 0 Å². The number of carboxylic acids is 2. The van der Waals surface area contributed by atoms with Gasteiger partial charge in [0.1, 0.15) is 0 Å². The summed E-state index contributed by atoms with van der Waals surface area (Å²) >= 11 is 0. The molecule has 26 heavy (non-hydrogen) atoms. The van der Waals surface area contributed by atoms with Crippen molar-refractivity contribution in [1.29, 1.82) is 0 Å². The van der Waals surface area contributed by atoms with E-state index in [1.807, 2.05) is 0 Å². The van der Waals surface area contributed by atoms with Crippen LogP contribution < -0.4 is 0 Å². The number of hydrogen-bond acceptors (Lipinski definition) is 2. The molecule has 0 bridgehead atoms.